The Morgan fingerprint density at radius 1 is 0.269 bits per heavy atom. The number of rotatable bonds is 24. The largest absolute Gasteiger partial charge is 1.00 e. The molecule has 0 aromatic heterocycles. The van der Waals surface area contributed by atoms with Crippen molar-refractivity contribution < 1.29 is 176 Å². The molecule has 0 spiro atoms. The molecule has 38 heteroatoms. The topological polar surface area (TPSA) is 227 Å². The van der Waals surface area contributed by atoms with Crippen molar-refractivity contribution in [2.75, 3.05) is 13.4 Å². The molecule has 0 aliphatic heterocycles. The van der Waals surface area contributed by atoms with Crippen molar-refractivity contribution in [3.63, 3.8) is 0 Å². The zero-order chi connectivity index (χ0) is 96.1. The van der Waals surface area contributed by atoms with Gasteiger partial charge in [0.1, 0.15) is 77.9 Å². The molecule has 15 rings (SSSR count). The molecule has 17 nitrogen and oxygen atoms in total. The van der Waals surface area contributed by atoms with Crippen molar-refractivity contribution >= 4 is 40.1 Å². The minimum Gasteiger partial charge on any atom is -0.497 e. The minimum atomic E-state index is -6.32. The Labute approximate surface area is 776 Å². The maximum atomic E-state index is 15.2. The molecule has 0 bridgehead atoms. The molecule has 0 unspecified atom stereocenters. The van der Waals surface area contributed by atoms with E-state index in [1.807, 2.05) is 48.5 Å². The van der Waals surface area contributed by atoms with Gasteiger partial charge in [0.05, 0.1) is 12.0 Å². The van der Waals surface area contributed by atoms with E-state index in [2.05, 4.69) is 6.07 Å². The van der Waals surface area contributed by atoms with Gasteiger partial charge in [-0.25, -0.2) is 69.2 Å². The summed E-state index contributed by atoms with van der Waals surface area (Å²) in [5, 5.41) is 0. The number of methoxy groups -OCH3 is 1. The summed E-state index contributed by atoms with van der Waals surface area (Å²) < 4.78 is 378. The third kappa shape index (κ3) is 21.4. The van der Waals surface area contributed by atoms with Crippen LogP contribution in [0.1, 0.15) is 22.3 Å². The maximum absolute atomic E-state index is 15.2. The molecule has 0 radical (unpaired) electrons. The van der Waals surface area contributed by atoms with Crippen molar-refractivity contribution in [1.29, 1.82) is 0 Å². The normalized spacial score (nSPS) is 11.3. The molecule has 0 aliphatic carbocycles. The SMILES string of the molecule is COc1ccc(-c2ccc(Oc3ccc(S(=O)(=O)c4c[c-]c(Oc5ccc(-c6ccc(Oc7c(F)c(F)c(C)c(F)c7F)cc6)cc5)cc4)cc3C)cc2)cc1.Cc1c(Oc2ccc(-c3ccc(Oc4c(F)c(F)c(S(C)(=O)=O)c(F)c4F)cc3)cc2)cccc1Oc1ccc(-c2ccc(Oc3c(F)c(F)c(S(=O)(=O)c4c(F)c(F)c(C)c(F)c4F)c(F)c3F)cc2)cc1.O=S(=O)=O.[Na+]. The number of ether oxygens (including phenoxy) is 8. The van der Waals surface area contributed by atoms with Crippen LogP contribution in [0.3, 0.4) is 0 Å². The van der Waals surface area contributed by atoms with Crippen LogP contribution in [-0.4, -0.2) is 51.2 Å². The number of hydrogen-bond acceptors (Lipinski definition) is 17. The first kappa shape index (κ1) is 99.1. The van der Waals surface area contributed by atoms with Crippen LogP contribution in [0.2, 0.25) is 0 Å². The van der Waals surface area contributed by atoms with Crippen LogP contribution in [0.25, 0.3) is 44.5 Å². The average molecular weight is 1940 g/mol. The van der Waals surface area contributed by atoms with E-state index in [-0.39, 0.29) is 50.8 Å². The number of benzene rings is 15. The Morgan fingerprint density at radius 3 is 0.806 bits per heavy atom. The molecule has 0 amide bonds. The van der Waals surface area contributed by atoms with Gasteiger partial charge in [0, 0.05) is 28.7 Å². The Kier molecular flexibility index (Phi) is 30.3. The van der Waals surface area contributed by atoms with Crippen molar-refractivity contribution in [3.05, 3.63) is 370 Å². The molecular weight excluding hydrogens is 1880 g/mol. The summed E-state index contributed by atoms with van der Waals surface area (Å²) >= 11 is 0. The Morgan fingerprint density at radius 2 is 0.522 bits per heavy atom. The van der Waals surface area contributed by atoms with Crippen LogP contribution in [-0.2, 0) is 40.1 Å². The molecule has 0 aliphatic rings. The van der Waals surface area contributed by atoms with E-state index in [9.17, 15) is 77.9 Å². The number of sulfone groups is 3. The fourth-order valence-corrected chi connectivity index (χ4v) is 16.6. The summed E-state index contributed by atoms with van der Waals surface area (Å²) in [6.45, 7) is 4.99. The number of aryl methyl sites for hydroxylation is 1. The molecular formula is C96H59F16NaO17S4. The zero-order valence-corrected chi connectivity index (χ0v) is 75.1. The number of hydrogen-bond donors (Lipinski definition) is 0. The van der Waals surface area contributed by atoms with Crippen molar-refractivity contribution in [2.45, 2.75) is 52.2 Å². The summed E-state index contributed by atoms with van der Waals surface area (Å²) in [7, 11) is -16.3. The molecule has 134 heavy (non-hydrogen) atoms. The molecule has 0 fully saturated rings. The molecule has 15 aromatic carbocycles. The first-order valence-corrected chi connectivity index (χ1v) is 44.1. The van der Waals surface area contributed by atoms with E-state index in [1.54, 1.807) is 136 Å². The van der Waals surface area contributed by atoms with E-state index in [4.69, 9.17) is 50.5 Å². The fraction of sp³-hybridized carbons (Fsp3) is 0.0625. The van der Waals surface area contributed by atoms with Gasteiger partial charge in [-0.2, -0.15) is 38.5 Å². The summed E-state index contributed by atoms with van der Waals surface area (Å²) in [5.74, 6) is -35.3. The molecule has 15 aromatic rings. The van der Waals surface area contributed by atoms with Gasteiger partial charge in [0.2, 0.25) is 62.0 Å². The third-order valence-electron chi connectivity index (χ3n) is 19.9. The average Bonchev–Trinajstić information content (AvgIpc) is 0.726. The van der Waals surface area contributed by atoms with E-state index in [0.717, 1.165) is 41.5 Å². The molecule has 0 atom stereocenters. The Hall–Kier alpha value is -14.0. The second-order valence-corrected chi connectivity index (χ2v) is 34.7. The van der Waals surface area contributed by atoms with Gasteiger partial charge in [-0.15, -0.1) is 24.8 Å². The van der Waals surface area contributed by atoms with Crippen molar-refractivity contribution in [1.82, 2.24) is 0 Å². The van der Waals surface area contributed by atoms with Gasteiger partial charge in [-0.3, -0.25) is 0 Å². The predicted molar refractivity (Wildman–Crippen MR) is 450 cm³/mol. The summed E-state index contributed by atoms with van der Waals surface area (Å²) in [6, 6.07) is 69.1. The quantitative estimate of drug-likeness (QED) is 0.0237. The first-order valence-electron chi connectivity index (χ1n) is 38.2. The second-order valence-electron chi connectivity index (χ2n) is 28.5. The predicted octanol–water partition coefficient (Wildman–Crippen LogP) is 22.9. The van der Waals surface area contributed by atoms with E-state index in [0.29, 0.717) is 98.1 Å². The van der Waals surface area contributed by atoms with Crippen LogP contribution < -0.4 is 67.5 Å². The Balaban J connectivity index is 0.000000238. The van der Waals surface area contributed by atoms with Gasteiger partial charge < -0.3 is 37.9 Å². The van der Waals surface area contributed by atoms with Gasteiger partial charge in [0.25, 0.3) is 0 Å². The van der Waals surface area contributed by atoms with Gasteiger partial charge in [-0.05, 0) is 210 Å². The maximum Gasteiger partial charge on any atom is 1.00 e. The van der Waals surface area contributed by atoms with Crippen LogP contribution in [0.5, 0.6) is 86.2 Å². The zero-order valence-electron chi connectivity index (χ0n) is 69.8. The standard InChI is InChI=1S/C51H28F12O8S2.C45H31F4O6S.Na.O3S/c1-23-33(68-29-15-7-25(8-16-29)27-11-19-31(20-12-27)70-47-37(54)43(60)49(72(3,64)65)44(61)38(47)55)5-4-6-34(23)69-30-17-9-26(10-18-30)28-13-21-32(22-14-28)71-48-39(56)45(62)51(46(63)40(48)57)73(66,67)50-41(58)35(52)24(2)36(53)42(50)59;1-27-26-39(24-25-40(27)54-36-16-8-31(9-17-36)29-4-12-33(52-3)13-5-29)56(50,51)38-22-20-35(21-23-38)53-34-14-6-30(7-15-34)32-10-18-37(19-11-32)55-45-43(48)41(46)28(2)42(47)44(45)49;;1-4(2)3/h4-22H,1-3H3;4-20,22-26H,1-3H3;;/q;-1;+1;. The Bertz CT molecular complexity index is 7400. The summed E-state index contributed by atoms with van der Waals surface area (Å²) in [6.07, 6.45) is 0.393. The van der Waals surface area contributed by atoms with Crippen molar-refractivity contribution in [2.24, 2.45) is 0 Å². The van der Waals surface area contributed by atoms with Gasteiger partial charge >= 0.3 is 40.2 Å². The van der Waals surface area contributed by atoms with Gasteiger partial charge in [-0.1, -0.05) is 103 Å². The van der Waals surface area contributed by atoms with Crippen molar-refractivity contribution in [3.8, 4) is 131 Å². The van der Waals surface area contributed by atoms with E-state index < -0.39 is 182 Å². The van der Waals surface area contributed by atoms with Crippen LogP contribution in [0, 0.1) is 127 Å². The van der Waals surface area contributed by atoms with Crippen LogP contribution >= 0.6 is 0 Å². The molecule has 0 saturated carbocycles. The summed E-state index contributed by atoms with van der Waals surface area (Å²) in [4.78, 5) is -6.70. The third-order valence-corrected chi connectivity index (χ3v) is 24.5. The number of halogens is 16. The monoisotopic (exact) mass is 1940 g/mol. The smallest absolute Gasteiger partial charge is 0.497 e. The molecule has 682 valence electrons. The second kappa shape index (κ2) is 41.0. The molecule has 0 heterocycles. The van der Waals surface area contributed by atoms with Crippen LogP contribution in [0.15, 0.2) is 273 Å². The van der Waals surface area contributed by atoms with Crippen LogP contribution in [0.4, 0.5) is 70.2 Å². The summed E-state index contributed by atoms with van der Waals surface area (Å²) in [5.41, 5.74) is 4.99. The fourth-order valence-electron chi connectivity index (χ4n) is 12.9. The van der Waals surface area contributed by atoms with E-state index >= 15 is 17.6 Å². The minimum absolute atomic E-state index is 0. The van der Waals surface area contributed by atoms with E-state index in [1.165, 1.54) is 72.8 Å². The first-order chi connectivity index (χ1) is 63.0. The van der Waals surface area contributed by atoms with Gasteiger partial charge in [0.15, 0.2) is 77.8 Å². The molecule has 0 N–H and O–H groups in total. The molecule has 0 saturated heterocycles.